The summed E-state index contributed by atoms with van der Waals surface area (Å²) in [6.07, 6.45) is 1.79. The molecule has 0 bridgehead atoms. The highest BCUT2D eigenvalue weighted by molar-refractivity contribution is 8.13. The monoisotopic (exact) mass is 233 g/mol. The zero-order chi connectivity index (χ0) is 11.7. The van der Waals surface area contributed by atoms with Gasteiger partial charge in [0.2, 0.25) is 0 Å². The molecule has 0 fully saturated rings. The van der Waals surface area contributed by atoms with Crippen molar-refractivity contribution in [1.29, 1.82) is 0 Å². The molecular weight excluding hydrogens is 218 g/mol. The van der Waals surface area contributed by atoms with E-state index in [1.54, 1.807) is 13.2 Å². The van der Waals surface area contributed by atoms with Crippen molar-refractivity contribution in [2.24, 2.45) is 15.9 Å². The van der Waals surface area contributed by atoms with E-state index in [-0.39, 0.29) is 18.9 Å². The van der Waals surface area contributed by atoms with Crippen LogP contribution in [-0.2, 0) is 14.4 Å². The fourth-order valence-electron chi connectivity index (χ4n) is 0.673. The molecule has 0 heterocycles. The van der Waals surface area contributed by atoms with Gasteiger partial charge in [-0.1, -0.05) is 16.9 Å². The van der Waals surface area contributed by atoms with Crippen molar-refractivity contribution in [3.63, 3.8) is 0 Å². The summed E-state index contributed by atoms with van der Waals surface area (Å²) in [4.78, 5) is 19.7. The molecule has 0 aliphatic rings. The average Bonchev–Trinajstić information content (AvgIpc) is 2.23. The van der Waals surface area contributed by atoms with Gasteiger partial charge >= 0.3 is 5.97 Å². The molecule has 0 aliphatic heterocycles. The lowest BCUT2D eigenvalue weighted by Crippen LogP contribution is -2.22. The van der Waals surface area contributed by atoms with E-state index in [1.165, 1.54) is 18.9 Å². The van der Waals surface area contributed by atoms with Crippen LogP contribution in [0, 0.1) is 0 Å². The van der Waals surface area contributed by atoms with Gasteiger partial charge in [-0.15, -0.1) is 0 Å². The highest BCUT2D eigenvalue weighted by Gasteiger charge is 2.12. The Balaban J connectivity index is 4.42. The van der Waals surface area contributed by atoms with E-state index in [9.17, 15) is 4.79 Å². The Morgan fingerprint density at radius 1 is 1.53 bits per heavy atom. The predicted octanol–water partition coefficient (Wildman–Crippen LogP) is 0.230. The molecule has 6 nitrogen and oxygen atoms in total. The van der Waals surface area contributed by atoms with Crippen molar-refractivity contribution in [3.8, 4) is 0 Å². The number of esters is 1. The lowest BCUT2D eigenvalue weighted by Gasteiger charge is -2.02. The number of carbonyl (C=O) groups excluding carboxylic acids is 1. The van der Waals surface area contributed by atoms with Crippen LogP contribution in [0.2, 0.25) is 0 Å². The molecule has 0 spiro atoms. The fourth-order valence-corrected chi connectivity index (χ4v) is 0.866. The summed E-state index contributed by atoms with van der Waals surface area (Å²) in [6.45, 7) is 2.05. The Labute approximate surface area is 92.9 Å². The van der Waals surface area contributed by atoms with Crippen molar-refractivity contribution >= 4 is 28.6 Å². The molecule has 15 heavy (non-hydrogen) atoms. The molecule has 0 saturated carbocycles. The van der Waals surface area contributed by atoms with Crippen LogP contribution in [0.3, 0.4) is 0 Å². The van der Waals surface area contributed by atoms with E-state index < -0.39 is 5.97 Å². The van der Waals surface area contributed by atoms with Crippen molar-refractivity contribution in [2.75, 3.05) is 26.5 Å². The van der Waals surface area contributed by atoms with E-state index in [0.717, 1.165) is 0 Å². The van der Waals surface area contributed by atoms with Gasteiger partial charge in [0, 0.05) is 0 Å². The minimum Gasteiger partial charge on any atom is -0.461 e. The molecule has 2 N–H and O–H groups in total. The maximum atomic E-state index is 11.3. The Morgan fingerprint density at radius 2 is 2.20 bits per heavy atom. The van der Waals surface area contributed by atoms with Crippen LogP contribution in [0.5, 0.6) is 0 Å². The molecule has 86 valence electrons. The number of ether oxygens (including phenoxy) is 1. The summed E-state index contributed by atoms with van der Waals surface area (Å²) in [5, 5.41) is 3.90. The third kappa shape index (κ3) is 5.95. The number of thioether (sulfide) groups is 1. The van der Waals surface area contributed by atoms with E-state index in [4.69, 9.17) is 10.5 Å². The minimum absolute atomic E-state index is 0.0549. The minimum atomic E-state index is -0.544. The number of hydrogen-bond donors (Lipinski definition) is 1. The maximum absolute atomic E-state index is 11.3. The van der Waals surface area contributed by atoms with E-state index >= 15 is 0 Å². The summed E-state index contributed by atoms with van der Waals surface area (Å²) in [5.41, 5.74) is 5.55. The standard InChI is InChI=1S/C8H15N3O3S/c1-4-14-7(12)6(11-13-2)5-10-8(9)15-3/h4-5H2,1-3H3,(H2,9,10). The van der Waals surface area contributed by atoms with E-state index in [2.05, 4.69) is 15.0 Å². The molecule has 0 aromatic carbocycles. The van der Waals surface area contributed by atoms with Crippen LogP contribution in [0.4, 0.5) is 0 Å². The third-order valence-corrected chi connectivity index (χ3v) is 1.85. The predicted molar refractivity (Wildman–Crippen MR) is 61.1 cm³/mol. The maximum Gasteiger partial charge on any atom is 0.358 e. The first-order chi connectivity index (χ1) is 7.15. The van der Waals surface area contributed by atoms with Crippen molar-refractivity contribution in [1.82, 2.24) is 0 Å². The molecule has 0 atom stereocenters. The van der Waals surface area contributed by atoms with Gasteiger partial charge in [0.1, 0.15) is 7.11 Å². The van der Waals surface area contributed by atoms with Gasteiger partial charge in [0.15, 0.2) is 10.9 Å². The van der Waals surface area contributed by atoms with Crippen molar-refractivity contribution in [2.45, 2.75) is 6.92 Å². The number of nitrogens with zero attached hydrogens (tertiary/aromatic N) is 2. The van der Waals surface area contributed by atoms with Gasteiger partial charge in [0.25, 0.3) is 0 Å². The molecule has 0 saturated heterocycles. The van der Waals surface area contributed by atoms with Crippen molar-refractivity contribution < 1.29 is 14.4 Å². The number of carbonyl (C=O) groups is 1. The molecule has 0 aromatic heterocycles. The fraction of sp³-hybridized carbons (Fsp3) is 0.625. The number of amidine groups is 1. The first kappa shape index (κ1) is 13.8. The van der Waals surface area contributed by atoms with Gasteiger partial charge in [-0.3, -0.25) is 4.99 Å². The zero-order valence-electron chi connectivity index (χ0n) is 9.02. The molecule has 0 radical (unpaired) electrons. The highest BCUT2D eigenvalue weighted by Crippen LogP contribution is 1.94. The Bertz CT molecular complexity index is 266. The number of hydrogen-bond acceptors (Lipinski definition) is 6. The van der Waals surface area contributed by atoms with Crippen LogP contribution < -0.4 is 5.73 Å². The van der Waals surface area contributed by atoms with E-state index in [0.29, 0.717) is 5.17 Å². The van der Waals surface area contributed by atoms with Crippen LogP contribution in [0.1, 0.15) is 6.92 Å². The molecule has 0 rings (SSSR count). The first-order valence-electron chi connectivity index (χ1n) is 4.26. The van der Waals surface area contributed by atoms with E-state index in [1.807, 2.05) is 0 Å². The first-order valence-corrected chi connectivity index (χ1v) is 5.49. The largest absolute Gasteiger partial charge is 0.461 e. The summed E-state index contributed by atoms with van der Waals surface area (Å²) in [7, 11) is 1.35. The van der Waals surface area contributed by atoms with Crippen LogP contribution >= 0.6 is 11.8 Å². The summed E-state index contributed by atoms with van der Waals surface area (Å²) in [5.74, 6) is -0.544. The Morgan fingerprint density at radius 3 is 2.67 bits per heavy atom. The van der Waals surface area contributed by atoms with Gasteiger partial charge in [-0.05, 0) is 13.2 Å². The zero-order valence-corrected chi connectivity index (χ0v) is 9.84. The Hall–Kier alpha value is -1.24. The molecular formula is C8H15N3O3S. The summed E-state index contributed by atoms with van der Waals surface area (Å²) in [6, 6.07) is 0. The second-order valence-corrected chi connectivity index (χ2v) is 3.13. The second-order valence-electron chi connectivity index (χ2n) is 2.30. The molecule has 0 aliphatic carbocycles. The van der Waals surface area contributed by atoms with Crippen LogP contribution in [-0.4, -0.2) is 43.4 Å². The van der Waals surface area contributed by atoms with Crippen LogP contribution in [0.25, 0.3) is 0 Å². The topological polar surface area (TPSA) is 86.3 Å². The summed E-state index contributed by atoms with van der Waals surface area (Å²) < 4.78 is 4.76. The smallest absolute Gasteiger partial charge is 0.358 e. The van der Waals surface area contributed by atoms with Gasteiger partial charge in [0.05, 0.1) is 13.2 Å². The van der Waals surface area contributed by atoms with Crippen molar-refractivity contribution in [3.05, 3.63) is 0 Å². The number of oxime groups is 1. The molecule has 0 amide bonds. The van der Waals surface area contributed by atoms with Gasteiger partial charge in [-0.2, -0.15) is 0 Å². The van der Waals surface area contributed by atoms with Gasteiger partial charge < -0.3 is 15.3 Å². The third-order valence-electron chi connectivity index (χ3n) is 1.31. The number of rotatable bonds is 5. The van der Waals surface area contributed by atoms with Gasteiger partial charge in [-0.25, -0.2) is 4.79 Å². The number of aliphatic imine (C=N–C) groups is 1. The molecule has 7 heteroatoms. The van der Waals surface area contributed by atoms with Crippen LogP contribution in [0.15, 0.2) is 10.1 Å². The second kappa shape index (κ2) is 8.10. The Kier molecular flexibility index (Phi) is 7.43. The quantitative estimate of drug-likeness (QED) is 0.318. The normalized spacial score (nSPS) is 12.5. The average molecular weight is 233 g/mol. The molecule has 0 unspecified atom stereocenters. The SMILES string of the molecule is CCOC(=O)C(CN=C(N)SC)=NOC. The highest BCUT2D eigenvalue weighted by atomic mass is 32.2. The molecule has 0 aromatic rings. The number of nitrogens with two attached hydrogens (primary N) is 1. The lowest BCUT2D eigenvalue weighted by atomic mass is 10.4. The lowest BCUT2D eigenvalue weighted by molar-refractivity contribution is -0.135. The summed E-state index contributed by atoms with van der Waals surface area (Å²) >= 11 is 1.29.